The summed E-state index contributed by atoms with van der Waals surface area (Å²) < 4.78 is 7.80. The summed E-state index contributed by atoms with van der Waals surface area (Å²) in [5.41, 5.74) is 8.27. The zero-order valence-electron chi connectivity index (χ0n) is 28.4. The Balaban J connectivity index is 0.000000578. The Morgan fingerprint density at radius 2 is 1.87 bits per heavy atom. The highest BCUT2D eigenvalue weighted by Gasteiger charge is 2.31. The second kappa shape index (κ2) is 20.3. The summed E-state index contributed by atoms with van der Waals surface area (Å²) in [6.45, 7) is 19.0. The van der Waals surface area contributed by atoms with E-state index in [-0.39, 0.29) is 24.1 Å². The number of carboxylic acids is 1. The Morgan fingerprint density at radius 3 is 2.33 bits per heavy atom. The molecular formula is C34H51Cl3N6O3. The lowest BCUT2D eigenvalue weighted by Gasteiger charge is -2.32. The molecular weight excluding hydrogens is 647 g/mol. The van der Waals surface area contributed by atoms with Crippen molar-refractivity contribution in [2.24, 2.45) is 34.4 Å². The fourth-order valence-electron chi connectivity index (χ4n) is 4.86. The summed E-state index contributed by atoms with van der Waals surface area (Å²) in [5.74, 6) is 7.51. The van der Waals surface area contributed by atoms with Crippen LogP contribution in [0.15, 0.2) is 59.4 Å². The number of carboxylic acid groups (broad SMARTS) is 1. The predicted molar refractivity (Wildman–Crippen MR) is 193 cm³/mol. The van der Waals surface area contributed by atoms with Crippen molar-refractivity contribution in [2.75, 3.05) is 13.7 Å². The van der Waals surface area contributed by atoms with E-state index < -0.39 is 5.97 Å². The third-order valence-electron chi connectivity index (χ3n) is 7.30. The number of aromatic nitrogens is 2. The molecule has 5 N–H and O–H groups in total. The maximum absolute atomic E-state index is 10.1. The number of aliphatic carboxylic acids is 1. The fourth-order valence-corrected chi connectivity index (χ4v) is 5.45. The Bertz CT molecular complexity index is 1380. The average molecular weight is 698 g/mol. The smallest absolute Gasteiger partial charge is 0.311 e. The lowest BCUT2D eigenvalue weighted by Crippen LogP contribution is -2.29. The molecule has 2 aromatic rings. The van der Waals surface area contributed by atoms with Gasteiger partial charge in [0.1, 0.15) is 23.8 Å². The molecule has 46 heavy (non-hydrogen) atoms. The first-order valence-corrected chi connectivity index (χ1v) is 16.6. The molecule has 9 nitrogen and oxygen atoms in total. The van der Waals surface area contributed by atoms with Gasteiger partial charge in [0.2, 0.25) is 0 Å². The van der Waals surface area contributed by atoms with Crippen molar-refractivity contribution in [1.29, 1.82) is 0 Å². The number of hydrazone groups is 1. The van der Waals surface area contributed by atoms with Crippen molar-refractivity contribution in [3.63, 3.8) is 0 Å². The minimum absolute atomic E-state index is 0.00171. The molecule has 1 aliphatic carbocycles. The molecule has 1 aliphatic rings. The maximum Gasteiger partial charge on any atom is 0.311 e. The Kier molecular flexibility index (Phi) is 18.1. The number of hydrazine groups is 1. The topological polar surface area (TPSA) is 132 Å². The minimum Gasteiger partial charge on any atom is -0.501 e. The molecule has 0 radical (unpaired) electrons. The van der Waals surface area contributed by atoms with Gasteiger partial charge in [0.15, 0.2) is 10.3 Å². The fraction of sp³-hybridized carbons (Fsp3) is 0.500. The number of methoxy groups -OCH3 is 1. The van der Waals surface area contributed by atoms with Crippen LogP contribution in [0.4, 0.5) is 0 Å². The zero-order valence-corrected chi connectivity index (χ0v) is 30.6. The number of halogens is 3. The minimum atomic E-state index is -1.02. The van der Waals surface area contributed by atoms with Crippen LogP contribution in [0.5, 0.6) is 0 Å². The predicted octanol–water partition coefficient (Wildman–Crippen LogP) is 8.78. The van der Waals surface area contributed by atoms with Gasteiger partial charge in [-0.25, -0.2) is 15.9 Å². The number of benzene rings is 1. The van der Waals surface area contributed by atoms with Crippen molar-refractivity contribution in [3.8, 4) is 5.69 Å². The highest BCUT2D eigenvalue weighted by atomic mass is 35.5. The van der Waals surface area contributed by atoms with Crippen LogP contribution in [-0.2, 0) is 16.0 Å². The number of hydrogen-bond donors (Lipinski definition) is 3. The van der Waals surface area contributed by atoms with Gasteiger partial charge in [0.25, 0.3) is 0 Å². The van der Waals surface area contributed by atoms with E-state index in [1.165, 1.54) is 12.8 Å². The first-order chi connectivity index (χ1) is 21.6. The lowest BCUT2D eigenvalue weighted by molar-refractivity contribution is -0.135. The summed E-state index contributed by atoms with van der Waals surface area (Å²) in [4.78, 5) is 14.5. The number of amidine groups is 1. The van der Waals surface area contributed by atoms with Gasteiger partial charge in [-0.1, -0.05) is 107 Å². The van der Waals surface area contributed by atoms with Crippen LogP contribution in [0.2, 0.25) is 15.3 Å². The molecule has 2 unspecified atom stereocenters. The number of carbonyl (C=O) groups is 1. The monoisotopic (exact) mass is 696 g/mol. The van der Waals surface area contributed by atoms with E-state index in [0.29, 0.717) is 34.2 Å². The van der Waals surface area contributed by atoms with Crippen molar-refractivity contribution < 1.29 is 14.6 Å². The first-order valence-electron chi connectivity index (χ1n) is 15.5. The molecule has 0 saturated heterocycles. The van der Waals surface area contributed by atoms with E-state index in [1.54, 1.807) is 20.1 Å². The lowest BCUT2D eigenvalue weighted by atomic mass is 9.76. The van der Waals surface area contributed by atoms with E-state index in [0.717, 1.165) is 39.4 Å². The van der Waals surface area contributed by atoms with Crippen LogP contribution in [0.1, 0.15) is 85.0 Å². The average Bonchev–Trinajstić information content (AvgIpc) is 3.72. The summed E-state index contributed by atoms with van der Waals surface area (Å²) in [7, 11) is 1.72. The number of nitrogens with two attached hydrogens (primary N) is 2. The van der Waals surface area contributed by atoms with E-state index in [4.69, 9.17) is 56.2 Å². The molecule has 1 fully saturated rings. The standard InChI is InChI=1S/C25H31Cl3N2O.C5H12N4O2.C4H8/c1-8-10-11-16(5)23(31-7)17(6)22(15(3)4)19-14-18(26)12-13-20(19)30-21(9-2)29-24(27)25(30)28;1-2-9(7)8-4(6)3-5(10)11;1-4-2-3-4/h8,10-15,17,22H,1,9H2,2-7H3;2-3,7H2,1H3,(H2,6,8)(H,10,11);4H,2-3H2,1H3/b11-10-,23-16+;;. The van der Waals surface area contributed by atoms with Crippen LogP contribution in [-0.4, -0.2) is 45.2 Å². The molecule has 1 aromatic carbocycles. The van der Waals surface area contributed by atoms with Gasteiger partial charge in [0, 0.05) is 17.4 Å². The third-order valence-corrected chi connectivity index (χ3v) is 8.24. The van der Waals surface area contributed by atoms with Gasteiger partial charge in [-0.2, -0.15) is 0 Å². The molecule has 12 heteroatoms. The van der Waals surface area contributed by atoms with Crippen molar-refractivity contribution in [2.45, 2.75) is 80.1 Å². The summed E-state index contributed by atoms with van der Waals surface area (Å²) in [6, 6.07) is 5.88. The molecule has 0 bridgehead atoms. The number of imidazole rings is 1. The van der Waals surface area contributed by atoms with Crippen molar-refractivity contribution in [1.82, 2.24) is 14.7 Å². The van der Waals surface area contributed by atoms with E-state index >= 15 is 0 Å². The number of allylic oxidation sites excluding steroid dienone is 5. The molecule has 256 valence electrons. The van der Waals surface area contributed by atoms with Crippen LogP contribution < -0.4 is 11.6 Å². The van der Waals surface area contributed by atoms with E-state index in [2.05, 4.69) is 44.4 Å². The second-order valence-corrected chi connectivity index (χ2v) is 12.7. The van der Waals surface area contributed by atoms with Gasteiger partial charge >= 0.3 is 5.97 Å². The van der Waals surface area contributed by atoms with Crippen molar-refractivity contribution >= 4 is 46.6 Å². The maximum atomic E-state index is 10.1. The summed E-state index contributed by atoms with van der Waals surface area (Å²) in [6.07, 6.45) is 9.07. The number of nitrogens with zero attached hydrogens (tertiary/aromatic N) is 4. The van der Waals surface area contributed by atoms with Gasteiger partial charge in [-0.05, 0) is 60.9 Å². The van der Waals surface area contributed by atoms with Crippen LogP contribution in [0.25, 0.3) is 5.69 Å². The van der Waals surface area contributed by atoms with Crippen LogP contribution in [0, 0.1) is 17.8 Å². The second-order valence-electron chi connectivity index (χ2n) is 11.5. The first kappa shape index (κ1) is 41.0. The van der Waals surface area contributed by atoms with Crippen molar-refractivity contribution in [3.05, 3.63) is 81.1 Å². The molecule has 0 aliphatic heterocycles. The molecule has 1 heterocycles. The Labute approximate surface area is 289 Å². The van der Waals surface area contributed by atoms with Crippen LogP contribution in [0.3, 0.4) is 0 Å². The Hall–Kier alpha value is -2.98. The molecule has 3 rings (SSSR count). The van der Waals surface area contributed by atoms with Crippen LogP contribution >= 0.6 is 34.8 Å². The molecule has 0 spiro atoms. The highest BCUT2D eigenvalue weighted by Crippen LogP contribution is 2.42. The SMILES string of the molecule is C=C/C=C\C(C)=C(\OC)C(C)C(c1cc(Cl)ccc1-n1c(CC)nc(Cl)c1Cl)C(C)C.CC1CC1.CCN(N)/N=C(\N)CC(=O)O. The molecule has 1 aromatic heterocycles. The molecule has 1 saturated carbocycles. The largest absolute Gasteiger partial charge is 0.501 e. The molecule has 2 atom stereocenters. The van der Waals surface area contributed by atoms with E-state index in [9.17, 15) is 4.79 Å². The number of ether oxygens (including phenoxy) is 1. The van der Waals surface area contributed by atoms with Gasteiger partial charge in [-0.15, -0.1) is 5.10 Å². The summed E-state index contributed by atoms with van der Waals surface area (Å²) in [5, 5.41) is 14.3. The van der Waals surface area contributed by atoms with Gasteiger partial charge in [-0.3, -0.25) is 9.36 Å². The number of rotatable bonds is 13. The summed E-state index contributed by atoms with van der Waals surface area (Å²) >= 11 is 19.3. The quantitative estimate of drug-likeness (QED) is 0.0476. The van der Waals surface area contributed by atoms with Gasteiger partial charge < -0.3 is 15.6 Å². The van der Waals surface area contributed by atoms with E-state index in [1.807, 2.05) is 48.8 Å². The normalized spacial score (nSPS) is 14.8. The zero-order chi connectivity index (χ0) is 35.1. The Morgan fingerprint density at radius 1 is 1.26 bits per heavy atom. The van der Waals surface area contributed by atoms with Gasteiger partial charge in [0.05, 0.1) is 19.3 Å². The highest BCUT2D eigenvalue weighted by molar-refractivity contribution is 6.40. The molecule has 0 amide bonds. The number of hydrogen-bond acceptors (Lipinski definition) is 6. The third kappa shape index (κ3) is 13.0. The number of aryl methyl sites for hydroxylation is 1.